The van der Waals surface area contributed by atoms with Gasteiger partial charge in [0.25, 0.3) is 0 Å². The Morgan fingerprint density at radius 3 is 2.17 bits per heavy atom. The summed E-state index contributed by atoms with van der Waals surface area (Å²) in [6.07, 6.45) is 8.54. The molecule has 216 valence electrons. The molecule has 10 heteroatoms. The number of carbonyl (C=O) groups excluding carboxylic acids is 2. The molecule has 40 heavy (non-hydrogen) atoms. The molecule has 2 aliphatic rings. The largest absolute Gasteiger partial charge is 0.443 e. The first-order valence-corrected chi connectivity index (χ1v) is 14.4. The molecule has 0 spiro atoms. The van der Waals surface area contributed by atoms with E-state index in [4.69, 9.17) is 24.7 Å². The minimum Gasteiger partial charge on any atom is -0.443 e. The molecule has 3 heterocycles. The van der Waals surface area contributed by atoms with E-state index in [0.29, 0.717) is 5.92 Å². The molecular weight excluding hydrogens is 508 g/mol. The van der Waals surface area contributed by atoms with Crippen molar-refractivity contribution in [2.24, 2.45) is 5.92 Å². The molecule has 0 atom stereocenters. The number of hydrogen-bond acceptors (Lipinski definition) is 7. The summed E-state index contributed by atoms with van der Waals surface area (Å²) in [5, 5.41) is 11.0. The van der Waals surface area contributed by atoms with E-state index in [-0.39, 0.29) is 24.5 Å². The van der Waals surface area contributed by atoms with Crippen LogP contribution in [0, 0.1) is 5.92 Å². The Morgan fingerprint density at radius 1 is 1.00 bits per heavy atom. The van der Waals surface area contributed by atoms with Crippen LogP contribution in [0.15, 0.2) is 24.7 Å². The van der Waals surface area contributed by atoms with E-state index in [1.807, 2.05) is 16.9 Å². The molecule has 0 aromatic carbocycles. The Labute approximate surface area is 236 Å². The van der Waals surface area contributed by atoms with Crippen LogP contribution in [0.25, 0.3) is 22.2 Å². The molecule has 2 aliphatic carbocycles. The summed E-state index contributed by atoms with van der Waals surface area (Å²) in [5.41, 5.74) is 2.48. The average molecular weight is 551 g/mol. The minimum absolute atomic E-state index is 0.130. The van der Waals surface area contributed by atoms with Crippen molar-refractivity contribution in [2.75, 3.05) is 6.54 Å². The van der Waals surface area contributed by atoms with Gasteiger partial charge in [-0.2, -0.15) is 10.2 Å². The van der Waals surface area contributed by atoms with Crippen LogP contribution in [0.3, 0.4) is 0 Å². The topological polar surface area (TPSA) is 104 Å². The number of rotatable bonds is 6. The van der Waals surface area contributed by atoms with Crippen LogP contribution < -0.4 is 0 Å². The van der Waals surface area contributed by atoms with Gasteiger partial charge in [-0.15, -0.1) is 0 Å². The van der Waals surface area contributed by atoms with Crippen molar-refractivity contribution in [2.45, 2.75) is 110 Å². The van der Waals surface area contributed by atoms with E-state index < -0.39 is 23.4 Å². The van der Waals surface area contributed by atoms with Crippen LogP contribution in [-0.2, 0) is 9.47 Å². The lowest BCUT2D eigenvalue weighted by atomic mass is 9.80. The third kappa shape index (κ3) is 6.15. The van der Waals surface area contributed by atoms with Crippen molar-refractivity contribution in [3.63, 3.8) is 0 Å². The van der Waals surface area contributed by atoms with Gasteiger partial charge < -0.3 is 9.47 Å². The van der Waals surface area contributed by atoms with Crippen LogP contribution in [0.2, 0.25) is 0 Å². The monoisotopic (exact) mass is 550 g/mol. The maximum Gasteiger partial charge on any atom is 0.419 e. The zero-order valence-electron chi connectivity index (χ0n) is 25.0. The predicted octanol–water partition coefficient (Wildman–Crippen LogP) is 6.88. The van der Waals surface area contributed by atoms with Gasteiger partial charge in [0.2, 0.25) is 0 Å². The number of fused-ring (bicyclic) bond motifs is 1. The summed E-state index contributed by atoms with van der Waals surface area (Å²) in [6, 6.07) is 2.45. The van der Waals surface area contributed by atoms with Gasteiger partial charge in [-0.1, -0.05) is 0 Å². The Balaban J connectivity index is 1.34. The van der Waals surface area contributed by atoms with Crippen LogP contribution >= 0.6 is 0 Å². The van der Waals surface area contributed by atoms with E-state index in [2.05, 4.69) is 30.9 Å². The normalized spacial score (nSPS) is 19.5. The lowest BCUT2D eigenvalue weighted by molar-refractivity contribution is -0.00641. The Kier molecular flexibility index (Phi) is 7.17. The fourth-order valence-electron chi connectivity index (χ4n) is 5.04. The lowest BCUT2D eigenvalue weighted by Crippen LogP contribution is -2.47. The molecule has 0 N–H and O–H groups in total. The smallest absolute Gasteiger partial charge is 0.419 e. The highest BCUT2D eigenvalue weighted by molar-refractivity contribution is 5.91. The molecule has 5 rings (SSSR count). The number of hydrogen-bond donors (Lipinski definition) is 0. The molecule has 10 nitrogen and oxygen atoms in total. The van der Waals surface area contributed by atoms with E-state index >= 15 is 0 Å². The molecule has 3 aromatic heterocycles. The molecular formula is C30H42N6O4. The standard InChI is InChI=1S/C30H42N6O4/c1-18(2)35-16-21-11-12-31-26(25(21)33-35)23-17-36(32-24(23)20-9-10-20)22-13-19(14-22)15-34(27(37)39-29(3,4)5)28(38)40-30(6,7)8/h11-12,16-20,22H,9-10,13-15H2,1-8H3/t19-,22-. The van der Waals surface area contributed by atoms with Gasteiger partial charge >= 0.3 is 12.2 Å². The summed E-state index contributed by atoms with van der Waals surface area (Å²) in [5.74, 6) is 0.580. The maximum atomic E-state index is 12.9. The summed E-state index contributed by atoms with van der Waals surface area (Å²) in [4.78, 5) is 31.7. The van der Waals surface area contributed by atoms with Crippen LogP contribution in [0.4, 0.5) is 9.59 Å². The molecule has 0 bridgehead atoms. The lowest BCUT2D eigenvalue weighted by Gasteiger charge is -2.38. The number of carbonyl (C=O) groups is 2. The Bertz CT molecular complexity index is 1370. The van der Waals surface area contributed by atoms with Crippen LogP contribution in [0.1, 0.15) is 105 Å². The fraction of sp³-hybridized carbons (Fsp3) is 0.633. The van der Waals surface area contributed by atoms with Crippen molar-refractivity contribution in [1.29, 1.82) is 0 Å². The fourth-order valence-corrected chi connectivity index (χ4v) is 5.04. The third-order valence-corrected chi connectivity index (χ3v) is 7.20. The van der Waals surface area contributed by atoms with E-state index in [1.54, 1.807) is 41.5 Å². The molecule has 2 fully saturated rings. The molecule has 2 amide bonds. The SMILES string of the molecule is CC(C)n1cc2ccnc(-c3cn([C@H]4C[C@H](CN(C(=O)OC(C)(C)C)C(=O)OC(C)(C)C)C4)nc3C3CC3)c2n1. The Morgan fingerprint density at radius 2 is 1.62 bits per heavy atom. The van der Waals surface area contributed by atoms with Crippen molar-refractivity contribution >= 4 is 23.1 Å². The van der Waals surface area contributed by atoms with Crippen molar-refractivity contribution in [3.05, 3.63) is 30.4 Å². The van der Waals surface area contributed by atoms with E-state index in [0.717, 1.165) is 58.4 Å². The first-order valence-electron chi connectivity index (χ1n) is 14.4. The zero-order valence-corrected chi connectivity index (χ0v) is 25.0. The summed E-state index contributed by atoms with van der Waals surface area (Å²) >= 11 is 0. The molecule has 0 unspecified atom stereocenters. The van der Waals surface area contributed by atoms with Gasteiger partial charge in [0, 0.05) is 48.0 Å². The minimum atomic E-state index is -0.716. The van der Waals surface area contributed by atoms with Crippen LogP contribution in [0.5, 0.6) is 0 Å². The highest BCUT2D eigenvalue weighted by Crippen LogP contribution is 2.46. The van der Waals surface area contributed by atoms with Crippen LogP contribution in [-0.4, -0.2) is 59.4 Å². The van der Waals surface area contributed by atoms with Gasteiger partial charge in [0.15, 0.2) is 0 Å². The summed E-state index contributed by atoms with van der Waals surface area (Å²) in [6.45, 7) is 15.2. The van der Waals surface area contributed by atoms with Gasteiger partial charge in [0.1, 0.15) is 22.4 Å². The third-order valence-electron chi connectivity index (χ3n) is 7.20. The predicted molar refractivity (Wildman–Crippen MR) is 152 cm³/mol. The van der Waals surface area contributed by atoms with Gasteiger partial charge in [0.05, 0.1) is 11.7 Å². The van der Waals surface area contributed by atoms with Gasteiger partial charge in [-0.3, -0.25) is 14.3 Å². The molecule has 2 saturated carbocycles. The van der Waals surface area contributed by atoms with Crippen molar-refractivity contribution in [1.82, 2.24) is 29.4 Å². The quantitative estimate of drug-likeness (QED) is 0.330. The second-order valence-electron chi connectivity index (χ2n) is 13.5. The van der Waals surface area contributed by atoms with Gasteiger partial charge in [-0.05, 0) is 93.1 Å². The van der Waals surface area contributed by atoms with Crippen molar-refractivity contribution < 1.29 is 19.1 Å². The zero-order chi connectivity index (χ0) is 29.0. The molecule has 3 aromatic rings. The van der Waals surface area contributed by atoms with E-state index in [9.17, 15) is 9.59 Å². The highest BCUT2D eigenvalue weighted by Gasteiger charge is 2.40. The summed E-state index contributed by atoms with van der Waals surface area (Å²) < 4.78 is 15.1. The van der Waals surface area contributed by atoms with E-state index in [1.165, 1.54) is 0 Å². The van der Waals surface area contributed by atoms with Crippen molar-refractivity contribution in [3.8, 4) is 11.3 Å². The maximum absolute atomic E-state index is 12.9. The highest BCUT2D eigenvalue weighted by atomic mass is 16.6. The number of amides is 2. The molecule has 0 radical (unpaired) electrons. The number of aromatic nitrogens is 5. The average Bonchev–Trinajstić information content (AvgIpc) is 3.39. The first kappa shape index (κ1) is 28.1. The number of pyridine rings is 1. The number of ether oxygens (including phenoxy) is 2. The molecule has 0 aliphatic heterocycles. The second kappa shape index (κ2) is 10.2. The number of imide groups is 1. The Hall–Kier alpha value is -3.43. The second-order valence-corrected chi connectivity index (χ2v) is 13.5. The number of nitrogens with zero attached hydrogens (tertiary/aromatic N) is 6. The first-order chi connectivity index (χ1) is 18.7. The molecule has 0 saturated heterocycles. The van der Waals surface area contributed by atoms with Gasteiger partial charge in [-0.25, -0.2) is 14.5 Å². The summed E-state index contributed by atoms with van der Waals surface area (Å²) in [7, 11) is 0.